The zero-order valence-corrected chi connectivity index (χ0v) is 21.6. The number of benzene rings is 1. The van der Waals surface area contributed by atoms with Gasteiger partial charge in [0.15, 0.2) is 6.23 Å². The lowest BCUT2D eigenvalue weighted by Gasteiger charge is -2.16. The fourth-order valence-electron chi connectivity index (χ4n) is 4.08. The summed E-state index contributed by atoms with van der Waals surface area (Å²) in [6, 6.07) is 6.02. The number of aromatic nitrogens is 5. The summed E-state index contributed by atoms with van der Waals surface area (Å²) in [5, 5.41) is 40.5. The van der Waals surface area contributed by atoms with Gasteiger partial charge in [-0.3, -0.25) is 29.1 Å². The lowest BCUT2D eigenvalue weighted by molar-refractivity contribution is -0.131. The quantitative estimate of drug-likeness (QED) is 0.0865. The van der Waals surface area contributed by atoms with E-state index >= 15 is 0 Å². The van der Waals surface area contributed by atoms with Crippen LogP contribution in [0.25, 0.3) is 0 Å². The Morgan fingerprint density at radius 1 is 1.20 bits per heavy atom. The lowest BCUT2D eigenvalue weighted by Crippen LogP contribution is -2.47. The van der Waals surface area contributed by atoms with E-state index in [4.69, 9.17) is 9.47 Å². The third-order valence-electron chi connectivity index (χ3n) is 6.17. The van der Waals surface area contributed by atoms with Crippen LogP contribution in [-0.2, 0) is 22.5 Å². The van der Waals surface area contributed by atoms with Crippen molar-refractivity contribution < 1.29 is 34.5 Å². The highest BCUT2D eigenvalue weighted by molar-refractivity contribution is 5.97. The summed E-state index contributed by atoms with van der Waals surface area (Å²) in [6.45, 7) is 1.79. The first kappa shape index (κ1) is 29.2. The topological polar surface area (TPSA) is 223 Å². The summed E-state index contributed by atoms with van der Waals surface area (Å²) in [7, 11) is 0. The number of nitrogens with zero attached hydrogens (tertiary/aromatic N) is 4. The molecule has 5 atom stereocenters. The van der Waals surface area contributed by atoms with Crippen molar-refractivity contribution in [2.75, 3.05) is 6.61 Å². The zero-order valence-electron chi connectivity index (χ0n) is 21.6. The van der Waals surface area contributed by atoms with Crippen LogP contribution in [0.3, 0.4) is 0 Å². The molecule has 3 heterocycles. The molecule has 0 aliphatic carbocycles. The van der Waals surface area contributed by atoms with Gasteiger partial charge in [-0.15, -0.1) is 11.0 Å². The average Bonchev–Trinajstić information content (AvgIpc) is 3.52. The van der Waals surface area contributed by atoms with Gasteiger partial charge in [0.05, 0.1) is 12.2 Å². The van der Waals surface area contributed by atoms with Crippen molar-refractivity contribution in [3.8, 4) is 17.6 Å². The highest BCUT2D eigenvalue weighted by atomic mass is 16.6. The van der Waals surface area contributed by atoms with E-state index in [0.29, 0.717) is 5.75 Å². The van der Waals surface area contributed by atoms with Crippen LogP contribution in [0.2, 0.25) is 0 Å². The molecule has 1 aliphatic heterocycles. The Kier molecular flexibility index (Phi) is 9.26. The summed E-state index contributed by atoms with van der Waals surface area (Å²) in [5.41, 5.74) is 0.551. The SMILES string of the molecule is CC#CCOc1ccc(C(=O)N[C@@H](Cc2cn(C[C@H]3O[C@@H](n4ccc(=O)[nH]c4=O)[C@H](O)[C@@H]3O)nn2)C(=O)NO)cc1. The van der Waals surface area contributed by atoms with E-state index in [9.17, 15) is 34.6 Å². The average molecular weight is 570 g/mol. The van der Waals surface area contributed by atoms with Crippen LogP contribution in [0, 0.1) is 11.8 Å². The Morgan fingerprint density at radius 3 is 2.63 bits per heavy atom. The van der Waals surface area contributed by atoms with Crippen LogP contribution in [0.15, 0.2) is 52.3 Å². The molecular weight excluding hydrogens is 542 g/mol. The molecule has 1 aromatic carbocycles. The number of amides is 2. The molecule has 6 N–H and O–H groups in total. The molecular formula is C25H27N7O9. The van der Waals surface area contributed by atoms with Gasteiger partial charge in [-0.1, -0.05) is 11.1 Å². The van der Waals surface area contributed by atoms with Crippen LogP contribution in [-0.4, -0.2) is 82.7 Å². The molecule has 0 spiro atoms. The van der Waals surface area contributed by atoms with E-state index in [1.165, 1.54) is 28.5 Å². The van der Waals surface area contributed by atoms with E-state index in [1.807, 2.05) is 4.98 Å². The Balaban J connectivity index is 1.39. The van der Waals surface area contributed by atoms with Crippen LogP contribution in [0.1, 0.15) is 29.2 Å². The first-order chi connectivity index (χ1) is 19.7. The smallest absolute Gasteiger partial charge is 0.330 e. The van der Waals surface area contributed by atoms with Crippen LogP contribution >= 0.6 is 0 Å². The molecule has 1 saturated heterocycles. The predicted molar refractivity (Wildman–Crippen MR) is 138 cm³/mol. The minimum absolute atomic E-state index is 0.0959. The van der Waals surface area contributed by atoms with Gasteiger partial charge in [0.25, 0.3) is 17.4 Å². The number of rotatable bonds is 10. The van der Waals surface area contributed by atoms with Gasteiger partial charge < -0.3 is 25.0 Å². The molecule has 0 unspecified atom stereocenters. The number of aromatic amines is 1. The van der Waals surface area contributed by atoms with Gasteiger partial charge in [-0.05, 0) is 31.2 Å². The van der Waals surface area contributed by atoms with Crippen LogP contribution in [0.4, 0.5) is 0 Å². The monoisotopic (exact) mass is 569 g/mol. The largest absolute Gasteiger partial charge is 0.481 e. The molecule has 1 aliphatic rings. The van der Waals surface area contributed by atoms with Gasteiger partial charge >= 0.3 is 5.69 Å². The minimum atomic E-state index is -1.48. The van der Waals surface area contributed by atoms with E-state index in [1.54, 1.807) is 19.1 Å². The molecule has 0 radical (unpaired) electrons. The molecule has 16 nitrogen and oxygen atoms in total. The van der Waals surface area contributed by atoms with E-state index in [0.717, 1.165) is 16.8 Å². The predicted octanol–water partition coefficient (Wildman–Crippen LogP) is -2.30. The fourth-order valence-corrected chi connectivity index (χ4v) is 4.08. The Morgan fingerprint density at radius 2 is 1.95 bits per heavy atom. The van der Waals surface area contributed by atoms with Gasteiger partial charge in [-0.25, -0.2) is 15.0 Å². The number of nitrogens with one attached hydrogen (secondary N) is 3. The summed E-state index contributed by atoms with van der Waals surface area (Å²) in [5.74, 6) is 4.48. The minimum Gasteiger partial charge on any atom is -0.481 e. The first-order valence-corrected chi connectivity index (χ1v) is 12.3. The van der Waals surface area contributed by atoms with Crippen molar-refractivity contribution in [2.24, 2.45) is 0 Å². The molecule has 0 saturated carbocycles. The summed E-state index contributed by atoms with van der Waals surface area (Å²) < 4.78 is 13.3. The van der Waals surface area contributed by atoms with Crippen molar-refractivity contribution in [3.63, 3.8) is 0 Å². The maximum atomic E-state index is 12.7. The molecule has 41 heavy (non-hydrogen) atoms. The highest BCUT2D eigenvalue weighted by Crippen LogP contribution is 2.29. The normalized spacial score (nSPS) is 20.5. The Labute approximate surface area is 231 Å². The number of carbonyl (C=O) groups is 2. The van der Waals surface area contributed by atoms with Gasteiger partial charge in [-0.2, -0.15) is 0 Å². The van der Waals surface area contributed by atoms with Crippen molar-refractivity contribution in [1.82, 2.24) is 35.3 Å². The van der Waals surface area contributed by atoms with Crippen molar-refractivity contribution >= 4 is 11.8 Å². The van der Waals surface area contributed by atoms with Crippen LogP contribution < -0.4 is 26.8 Å². The molecule has 2 amide bonds. The lowest BCUT2D eigenvalue weighted by atomic mass is 10.1. The number of hydrogen-bond acceptors (Lipinski definition) is 11. The van der Waals surface area contributed by atoms with Crippen LogP contribution in [0.5, 0.6) is 5.75 Å². The molecule has 2 aromatic heterocycles. The molecule has 1 fully saturated rings. The van der Waals surface area contributed by atoms with E-state index in [-0.39, 0.29) is 30.8 Å². The Hall–Kier alpha value is -4.82. The molecule has 4 rings (SSSR count). The van der Waals surface area contributed by atoms with E-state index < -0.39 is 53.6 Å². The highest BCUT2D eigenvalue weighted by Gasteiger charge is 2.44. The summed E-state index contributed by atoms with van der Waals surface area (Å²) in [4.78, 5) is 50.5. The molecule has 16 heteroatoms. The van der Waals surface area contributed by atoms with Crippen molar-refractivity contribution in [3.05, 3.63) is 74.8 Å². The number of carbonyl (C=O) groups excluding carboxylic acids is 2. The van der Waals surface area contributed by atoms with Gasteiger partial charge in [0, 0.05) is 30.4 Å². The second-order valence-electron chi connectivity index (χ2n) is 8.94. The first-order valence-electron chi connectivity index (χ1n) is 12.3. The maximum Gasteiger partial charge on any atom is 0.330 e. The number of H-pyrrole nitrogens is 1. The second-order valence-corrected chi connectivity index (χ2v) is 8.94. The van der Waals surface area contributed by atoms with Gasteiger partial charge in [0.1, 0.15) is 36.7 Å². The third kappa shape index (κ3) is 7.04. The maximum absolute atomic E-state index is 12.7. The van der Waals surface area contributed by atoms with Crippen molar-refractivity contribution in [1.29, 1.82) is 0 Å². The molecule has 3 aromatic rings. The number of aliphatic hydroxyl groups is 2. The number of hydrogen-bond donors (Lipinski definition) is 6. The number of ether oxygens (including phenoxy) is 2. The Bertz CT molecular complexity index is 1550. The second kappa shape index (κ2) is 13.0. The zero-order chi connectivity index (χ0) is 29.5. The van der Waals surface area contributed by atoms with Crippen molar-refractivity contribution in [2.45, 2.75) is 50.5 Å². The standard InChI is InChI=1S/C25H27N7O9/c1-2-3-10-40-16-6-4-14(5-7-16)22(36)26-17(23(37)29-39)11-15-12-31(30-28-15)13-18-20(34)21(35)24(41-18)32-9-8-19(33)27-25(32)38/h4-9,12,17-18,20-21,24,34-35,39H,10-11,13H2,1H3,(H,26,36)(H,29,37)(H,27,33,38)/t17-,18+,20+,21+,24+/m0/s1. The molecule has 0 bridgehead atoms. The molecule has 216 valence electrons. The summed E-state index contributed by atoms with van der Waals surface area (Å²) >= 11 is 0. The third-order valence-corrected chi connectivity index (χ3v) is 6.17. The fraction of sp³-hybridized carbons (Fsp3) is 0.360. The number of aliphatic hydroxyl groups excluding tert-OH is 2. The van der Waals surface area contributed by atoms with Gasteiger partial charge in [0.2, 0.25) is 0 Å². The van der Waals surface area contributed by atoms with E-state index in [2.05, 4.69) is 27.5 Å². The summed E-state index contributed by atoms with van der Waals surface area (Å²) in [6.07, 6.45) is -2.75. The number of hydroxylamine groups is 1.